The molecule has 790 valence electrons. The number of aryl methyl sites for hydroxylation is 1. The average molecular weight is 2050 g/mol. The van der Waals surface area contributed by atoms with Gasteiger partial charge in [0.1, 0.15) is 96.4 Å². The molecule has 0 spiro atoms. The van der Waals surface area contributed by atoms with Crippen molar-refractivity contribution in [2.45, 2.75) is 242 Å². The van der Waals surface area contributed by atoms with Crippen molar-refractivity contribution in [1.29, 1.82) is 0 Å². The van der Waals surface area contributed by atoms with Crippen LogP contribution < -0.4 is 90.6 Å². The number of aromatic amines is 1. The van der Waals surface area contributed by atoms with Crippen molar-refractivity contribution < 1.29 is 126 Å². The van der Waals surface area contributed by atoms with Crippen LogP contribution in [0, 0.1) is 24.7 Å². The first-order chi connectivity index (χ1) is 69.2. The quantitative estimate of drug-likeness (QED) is 0.0236. The maximum Gasteiger partial charge on any atom is 0.341 e. The Morgan fingerprint density at radius 1 is 0.534 bits per heavy atom. The molecular formula is C100H133N19O26S. The number of carbonyl (C=O) groups excluding carboxylic acids is 16. The molecule has 1 saturated carbocycles. The number of benzene rings is 5. The third-order valence-corrected chi connectivity index (χ3v) is 25.6. The molecule has 1 aliphatic carbocycles. The molecule has 0 radical (unpaired) electrons. The van der Waals surface area contributed by atoms with Crippen LogP contribution in [0.25, 0.3) is 11.1 Å². The Morgan fingerprint density at radius 2 is 1.03 bits per heavy atom. The Labute approximate surface area is 847 Å². The number of H-pyrrole nitrogens is 1. The predicted octanol–water partition coefficient (Wildman–Crippen LogP) is -1.82. The number of aliphatic hydroxyl groups excluding tert-OH is 2. The van der Waals surface area contributed by atoms with Crippen molar-refractivity contribution in [3.05, 3.63) is 179 Å². The van der Waals surface area contributed by atoms with Gasteiger partial charge >= 0.3 is 17.9 Å². The first-order valence-electron chi connectivity index (χ1n) is 47.9. The smallest absolute Gasteiger partial charge is 0.341 e. The normalized spacial score (nSPS) is 23.2. The molecule has 1 saturated heterocycles. The number of aromatic carboxylic acids is 1. The minimum atomic E-state index is -2.26. The Hall–Kier alpha value is -14.8. The van der Waals surface area contributed by atoms with Gasteiger partial charge in [0, 0.05) is 56.8 Å². The Balaban J connectivity index is 1.24. The number of thioether (sulfide) groups is 1. The number of ether oxygens (including phenoxy) is 1. The largest absolute Gasteiger partial charge is 0.482 e. The minimum absolute atomic E-state index is 0.0329. The number of nitrogens with zero attached hydrogens (tertiary/aromatic N) is 2. The van der Waals surface area contributed by atoms with Gasteiger partial charge in [0.15, 0.2) is 6.61 Å². The van der Waals surface area contributed by atoms with Gasteiger partial charge in [-0.1, -0.05) is 168 Å². The highest BCUT2D eigenvalue weighted by Crippen LogP contribution is 2.29. The molecule has 2 heterocycles. The number of aliphatic carboxylic acids is 2. The summed E-state index contributed by atoms with van der Waals surface area (Å²) in [7, 11) is 1.23. The van der Waals surface area contributed by atoms with Gasteiger partial charge in [-0.15, -0.1) is 11.8 Å². The number of likely N-dealkylation sites (N-methyl/N-ethyl adjacent to an activating group) is 1. The number of hydrogen-bond acceptors (Lipinski definition) is 26. The third kappa shape index (κ3) is 36.8. The molecule has 25 N–H and O–H groups in total. The minimum Gasteiger partial charge on any atom is -0.482 e. The lowest BCUT2D eigenvalue weighted by Gasteiger charge is -2.33. The number of carboxylic acids is 3. The molecule has 0 unspecified atom stereocenters. The molecule has 5 aromatic carbocycles. The number of nitrogens with one attached hydrogen (secondary N) is 15. The molecule has 46 heteroatoms. The number of carboxylic acid groups (broad SMARTS) is 3. The van der Waals surface area contributed by atoms with E-state index in [1.807, 2.05) is 30.3 Å². The molecule has 1 aliphatic heterocycles. The van der Waals surface area contributed by atoms with Gasteiger partial charge in [0.25, 0.3) is 0 Å². The zero-order valence-corrected chi connectivity index (χ0v) is 83.4. The van der Waals surface area contributed by atoms with Gasteiger partial charge in [0.05, 0.1) is 42.9 Å². The van der Waals surface area contributed by atoms with Crippen LogP contribution in [-0.4, -0.2) is 299 Å². The van der Waals surface area contributed by atoms with Crippen molar-refractivity contribution in [2.75, 3.05) is 44.9 Å². The van der Waals surface area contributed by atoms with Crippen molar-refractivity contribution >= 4 is 124 Å². The maximum absolute atomic E-state index is 15.7. The fourth-order valence-corrected chi connectivity index (χ4v) is 17.2. The van der Waals surface area contributed by atoms with Crippen molar-refractivity contribution in [2.24, 2.45) is 29.2 Å². The lowest BCUT2D eigenvalue weighted by molar-refractivity contribution is -0.142. The number of carbonyl (C=O) groups is 19. The summed E-state index contributed by atoms with van der Waals surface area (Å²) in [5, 5.41) is 98.0. The average Bonchev–Trinajstić information content (AvgIpc) is 0.999. The summed E-state index contributed by atoms with van der Waals surface area (Å²) < 4.78 is 5.31. The Bertz CT molecular complexity index is 5530. The second-order valence-corrected chi connectivity index (χ2v) is 38.6. The Morgan fingerprint density at radius 3 is 1.58 bits per heavy atom. The second kappa shape index (κ2) is 56.5. The van der Waals surface area contributed by atoms with Gasteiger partial charge in [-0.25, -0.2) is 14.6 Å². The zero-order valence-electron chi connectivity index (χ0n) is 82.6. The topological polar surface area (TPSA) is 707 Å². The number of hydrogen-bond donors (Lipinski definition) is 23. The highest BCUT2D eigenvalue weighted by molar-refractivity contribution is 8.00. The number of nitrogens with two attached hydrogens (primary N) is 2. The SMILES string of the molecule is Cc1cccc(C[C@@H]2NC(=O)[C@H](CC(=O)O)NC(=O)[C@H](Cc3ccc(OCC(=O)O)cc3)NC(=O)[C@H](Cc3cnc[nH]3)NC(=O)CSC[C@@H](C(=O)N[C@@H](CO)C(N)=O)NC(=O)[C@H](CO)NC(=O)[C@H](C(C)(C)O)NC(=O)[C@H](CC3CCCCC3)NC(=O)[C@H](CCN)NC(=O)[C@@H](CC(C)C)NC(=O)[C@H](C)N(C)C(=O)[C@H](Cc3ccc(C(=O)O)cc3)NC(=O)[C@H](Cc3ccc(-c4ccccc4)cc3)NC(=O)[C@H](C(C)C)NC2=O)c1. The predicted molar refractivity (Wildman–Crippen MR) is 531 cm³/mol. The first-order valence-corrected chi connectivity index (χ1v) is 49.0. The summed E-state index contributed by atoms with van der Waals surface area (Å²) in [5.74, 6) is -25.1. The van der Waals surface area contributed by atoms with Crippen molar-refractivity contribution in [3.8, 4) is 16.9 Å². The zero-order chi connectivity index (χ0) is 107. The standard InChI is InChI=1S/C100H133N19O26S/c1-53(2)37-68-87(130)106-67(35-36-101)86(129)108-71(39-57-18-12-10-13-19-57)93(136)118-83(100(7,8)144)97(140)115-77(48-121)94(137)116-78(95(138)114-76(47-120)84(102)127)50-146-51-79(122)105-73(44-65-46-103-52-104-65)90(133)109-69(41-60-27-33-66(34-28-60)145-49-81(125)126)88(131)111-74(45-80(123)124)91(134)110-72(43-61-20-16-17-55(5)38-61)92(135)117-82(54(3)4)96(139)112-70(40-58-23-29-63(30-24-58)62-21-14-11-15-22-62)89(132)113-75(98(141)119(9)56(6)85(128)107-68)42-59-25-31-64(32-26-59)99(142)143/h11,14-17,20-34,38,46,52-54,56-57,67-78,82-83,120-121,144H,10,12-13,18-19,35-37,39-45,47-51,101H2,1-9H3,(H2,102,127)(H,103,104)(H,105,122)(H,106,130)(H,107,128)(H,108,129)(H,109,133)(H,110,134)(H,111,131)(H,112,139)(H,113,132)(H,114,138)(H,115,140)(H,116,137)(H,117,135)(H,118,136)(H,123,124)(H,125,126)(H,142,143)/t56-,67-,68+,69-,70-,71-,72-,73-,74-,75-,76-,77-,78-,82-,83+/m0/s1. The first kappa shape index (κ1) is 116. The molecule has 15 atom stereocenters. The van der Waals surface area contributed by atoms with E-state index < -0.39 is 272 Å². The van der Waals surface area contributed by atoms with Crippen LogP contribution in [0.2, 0.25) is 0 Å². The van der Waals surface area contributed by atoms with E-state index in [2.05, 4.69) is 84.4 Å². The number of imidazole rings is 1. The molecule has 8 rings (SSSR count). The molecular weight excluding hydrogens is 1920 g/mol. The van der Waals surface area contributed by atoms with Gasteiger partial charge in [-0.2, -0.15) is 0 Å². The van der Waals surface area contributed by atoms with Gasteiger partial charge in [-0.3, -0.25) is 81.5 Å². The van der Waals surface area contributed by atoms with E-state index in [0.29, 0.717) is 41.3 Å². The van der Waals surface area contributed by atoms with E-state index >= 15 is 33.6 Å². The van der Waals surface area contributed by atoms with Crippen molar-refractivity contribution in [3.63, 3.8) is 0 Å². The third-order valence-electron chi connectivity index (χ3n) is 24.5. The molecule has 146 heavy (non-hydrogen) atoms. The van der Waals surface area contributed by atoms with Crippen LogP contribution in [-0.2, 0) is 118 Å². The summed E-state index contributed by atoms with van der Waals surface area (Å²) in [6.45, 7) is 8.40. The van der Waals surface area contributed by atoms with Crippen molar-refractivity contribution in [1.82, 2.24) is 89.3 Å². The van der Waals surface area contributed by atoms with Crippen LogP contribution in [0.3, 0.4) is 0 Å². The maximum atomic E-state index is 15.7. The molecule has 0 bridgehead atoms. The van der Waals surface area contributed by atoms with E-state index in [0.717, 1.165) is 49.1 Å². The van der Waals surface area contributed by atoms with E-state index in [9.17, 15) is 88.2 Å². The van der Waals surface area contributed by atoms with Crippen LogP contribution in [0.1, 0.15) is 150 Å². The molecule has 2 aliphatic rings. The second-order valence-electron chi connectivity index (χ2n) is 37.5. The van der Waals surface area contributed by atoms with Crippen LogP contribution >= 0.6 is 11.8 Å². The lowest BCUT2D eigenvalue weighted by atomic mass is 9.84. The van der Waals surface area contributed by atoms with Gasteiger partial charge < -0.3 is 131 Å². The highest BCUT2D eigenvalue weighted by atomic mass is 32.2. The number of rotatable bonds is 30. The molecule has 6 aromatic rings. The summed E-state index contributed by atoms with van der Waals surface area (Å²) >= 11 is 0.594. The summed E-state index contributed by atoms with van der Waals surface area (Å²) in [6.07, 6.45) is 2.19. The fourth-order valence-electron chi connectivity index (χ4n) is 16.3. The van der Waals surface area contributed by atoms with E-state index in [-0.39, 0.29) is 78.6 Å². The summed E-state index contributed by atoms with van der Waals surface area (Å²) in [4.78, 5) is 282. The van der Waals surface area contributed by atoms with E-state index in [4.69, 9.17) is 16.2 Å². The van der Waals surface area contributed by atoms with Crippen LogP contribution in [0.4, 0.5) is 0 Å². The monoisotopic (exact) mass is 2050 g/mol. The number of primary amides is 1. The number of aliphatic hydroxyl groups is 3. The molecule has 2 fully saturated rings. The van der Waals surface area contributed by atoms with Gasteiger partial charge in [0.2, 0.25) is 94.5 Å². The van der Waals surface area contributed by atoms with Crippen LogP contribution in [0.15, 0.2) is 140 Å². The summed E-state index contributed by atoms with van der Waals surface area (Å²) in [6, 6.07) is 6.94. The number of aromatic nitrogens is 2. The van der Waals surface area contributed by atoms with E-state index in [1.54, 1.807) is 69.3 Å². The van der Waals surface area contributed by atoms with E-state index in [1.165, 1.54) is 88.9 Å². The van der Waals surface area contributed by atoms with Crippen LogP contribution in [0.5, 0.6) is 5.75 Å². The number of amides is 16. The molecule has 16 amide bonds. The fraction of sp³-hybridized carbons (Fsp3) is 0.480. The lowest BCUT2D eigenvalue weighted by Crippen LogP contribution is -2.65. The summed E-state index contributed by atoms with van der Waals surface area (Å²) in [5.41, 5.74) is 12.9. The highest BCUT2D eigenvalue weighted by Gasteiger charge is 2.44. The molecule has 1 aromatic heterocycles. The Kier molecular flexibility index (Phi) is 45.1. The molecule has 45 nitrogen and oxygen atoms in total. The van der Waals surface area contributed by atoms with Gasteiger partial charge in [-0.05, 0) is 129 Å².